The molecule has 2 rings (SSSR count). The van der Waals surface area contributed by atoms with Crippen LogP contribution in [0.15, 0.2) is 18.2 Å². The molecule has 0 aromatic heterocycles. The first-order valence-electron chi connectivity index (χ1n) is 5.11. The molecule has 0 amide bonds. The second-order valence-electron chi connectivity index (χ2n) is 4.09. The van der Waals surface area contributed by atoms with Gasteiger partial charge >= 0.3 is 0 Å². The normalized spacial score (nSPS) is 20.9. The average Bonchev–Trinajstić information content (AvgIpc) is 2.56. The molecule has 1 aliphatic rings. The fraction of sp³-hybridized carbons (Fsp3) is 0.417. The predicted octanol–water partition coefficient (Wildman–Crippen LogP) is 3.39. The Morgan fingerprint density at radius 3 is 2.87 bits per heavy atom. The third-order valence-electron chi connectivity index (χ3n) is 2.87. The van der Waals surface area contributed by atoms with Crippen LogP contribution in [-0.2, 0) is 11.2 Å². The average molecular weight is 227 g/mol. The zero-order valence-electron chi connectivity index (χ0n) is 8.30. The summed E-state index contributed by atoms with van der Waals surface area (Å²) in [5.74, 6) is 0.407. The lowest BCUT2D eigenvalue weighted by molar-refractivity contribution is -0.117. The van der Waals surface area contributed by atoms with E-state index in [1.807, 2.05) is 0 Å². The van der Waals surface area contributed by atoms with Gasteiger partial charge in [-0.1, -0.05) is 17.7 Å². The van der Waals surface area contributed by atoms with E-state index < -0.39 is 0 Å². The van der Waals surface area contributed by atoms with Crippen LogP contribution in [-0.4, -0.2) is 5.78 Å². The Kier molecular flexibility index (Phi) is 3.06. The van der Waals surface area contributed by atoms with Gasteiger partial charge in [-0.05, 0) is 36.5 Å². The summed E-state index contributed by atoms with van der Waals surface area (Å²) in [4.78, 5) is 11.1. The summed E-state index contributed by atoms with van der Waals surface area (Å²) < 4.78 is 12.8. The monoisotopic (exact) mass is 226 g/mol. The highest BCUT2D eigenvalue weighted by Crippen LogP contribution is 2.28. The molecule has 3 heteroatoms. The van der Waals surface area contributed by atoms with Crippen LogP contribution in [0.25, 0.3) is 0 Å². The Morgan fingerprint density at radius 1 is 1.47 bits per heavy atom. The van der Waals surface area contributed by atoms with Gasteiger partial charge in [-0.15, -0.1) is 0 Å². The lowest BCUT2D eigenvalue weighted by Gasteiger charge is -2.09. The molecule has 0 heterocycles. The van der Waals surface area contributed by atoms with Crippen molar-refractivity contribution in [1.29, 1.82) is 0 Å². The van der Waals surface area contributed by atoms with E-state index in [4.69, 9.17) is 11.6 Å². The van der Waals surface area contributed by atoms with Crippen LogP contribution in [0.5, 0.6) is 0 Å². The van der Waals surface area contributed by atoms with Crippen LogP contribution < -0.4 is 0 Å². The third kappa shape index (κ3) is 2.57. The molecular formula is C12H12ClFO. The van der Waals surface area contributed by atoms with Crippen LogP contribution in [0, 0.1) is 11.7 Å². The molecule has 1 unspecified atom stereocenters. The highest BCUT2D eigenvalue weighted by atomic mass is 35.5. The smallest absolute Gasteiger partial charge is 0.133 e. The molecule has 1 aromatic rings. The zero-order valence-corrected chi connectivity index (χ0v) is 9.06. The lowest BCUT2D eigenvalue weighted by Crippen LogP contribution is -2.01. The Balaban J connectivity index is 2.07. The van der Waals surface area contributed by atoms with E-state index in [1.165, 1.54) is 12.1 Å². The van der Waals surface area contributed by atoms with E-state index >= 15 is 0 Å². The summed E-state index contributed by atoms with van der Waals surface area (Å²) in [6.45, 7) is 0. The van der Waals surface area contributed by atoms with Gasteiger partial charge in [-0.2, -0.15) is 0 Å². The van der Waals surface area contributed by atoms with E-state index in [0.29, 0.717) is 29.6 Å². The molecule has 15 heavy (non-hydrogen) atoms. The molecule has 80 valence electrons. The predicted molar refractivity (Wildman–Crippen MR) is 57.5 cm³/mol. The molecule has 0 radical (unpaired) electrons. The first kappa shape index (κ1) is 10.6. The molecular weight excluding hydrogens is 215 g/mol. The van der Waals surface area contributed by atoms with Crippen molar-refractivity contribution in [3.63, 3.8) is 0 Å². The number of hydrogen-bond donors (Lipinski definition) is 0. The molecule has 1 nitrogen and oxygen atoms in total. The maximum atomic E-state index is 12.8. The summed E-state index contributed by atoms with van der Waals surface area (Å²) >= 11 is 5.92. The topological polar surface area (TPSA) is 17.1 Å². The minimum Gasteiger partial charge on any atom is -0.300 e. The number of rotatable bonds is 2. The van der Waals surface area contributed by atoms with Gasteiger partial charge in [-0.3, -0.25) is 4.79 Å². The maximum absolute atomic E-state index is 12.8. The fourth-order valence-electron chi connectivity index (χ4n) is 2.06. The van der Waals surface area contributed by atoms with Gasteiger partial charge in [0, 0.05) is 17.9 Å². The molecule has 0 saturated heterocycles. The lowest BCUT2D eigenvalue weighted by atomic mass is 9.98. The Bertz CT molecular complexity index is 389. The largest absolute Gasteiger partial charge is 0.300 e. The molecule has 0 bridgehead atoms. The molecule has 0 spiro atoms. The van der Waals surface area contributed by atoms with Gasteiger partial charge in [0.05, 0.1) is 0 Å². The molecule has 1 fully saturated rings. The summed E-state index contributed by atoms with van der Waals surface area (Å²) in [6, 6.07) is 4.45. The van der Waals surface area contributed by atoms with Crippen molar-refractivity contribution in [3.05, 3.63) is 34.6 Å². The number of benzene rings is 1. The van der Waals surface area contributed by atoms with Crippen molar-refractivity contribution in [2.75, 3.05) is 0 Å². The third-order valence-corrected chi connectivity index (χ3v) is 3.22. The van der Waals surface area contributed by atoms with Crippen molar-refractivity contribution < 1.29 is 9.18 Å². The van der Waals surface area contributed by atoms with E-state index in [0.717, 1.165) is 18.4 Å². The van der Waals surface area contributed by atoms with E-state index in [-0.39, 0.29) is 5.82 Å². The molecule has 1 aliphatic carbocycles. The summed E-state index contributed by atoms with van der Waals surface area (Å²) in [6.07, 6.45) is 3.05. The fourth-order valence-corrected chi connectivity index (χ4v) is 2.31. The summed E-state index contributed by atoms with van der Waals surface area (Å²) in [7, 11) is 0. The summed E-state index contributed by atoms with van der Waals surface area (Å²) in [5, 5.41) is 0.467. The number of carbonyl (C=O) groups is 1. The Morgan fingerprint density at radius 2 is 2.27 bits per heavy atom. The van der Waals surface area contributed by atoms with E-state index in [1.54, 1.807) is 6.07 Å². The van der Waals surface area contributed by atoms with Crippen LogP contribution in [0.4, 0.5) is 4.39 Å². The molecule has 0 aliphatic heterocycles. The SMILES string of the molecule is O=C1CCC(Cc2ccc(F)cc2Cl)C1. The molecule has 1 atom stereocenters. The van der Waals surface area contributed by atoms with E-state index in [9.17, 15) is 9.18 Å². The highest BCUT2D eigenvalue weighted by Gasteiger charge is 2.22. The first-order chi connectivity index (χ1) is 7.15. The van der Waals surface area contributed by atoms with Crippen LogP contribution in [0.1, 0.15) is 24.8 Å². The molecule has 1 saturated carbocycles. The highest BCUT2D eigenvalue weighted by molar-refractivity contribution is 6.31. The quantitative estimate of drug-likeness (QED) is 0.756. The van der Waals surface area contributed by atoms with Gasteiger partial charge in [0.1, 0.15) is 11.6 Å². The van der Waals surface area contributed by atoms with Crippen molar-refractivity contribution in [2.45, 2.75) is 25.7 Å². The van der Waals surface area contributed by atoms with Crippen LogP contribution >= 0.6 is 11.6 Å². The maximum Gasteiger partial charge on any atom is 0.133 e. The molecule has 0 N–H and O–H groups in total. The molecule has 1 aromatic carbocycles. The Labute approximate surface area is 93.2 Å². The van der Waals surface area contributed by atoms with Gasteiger partial charge in [0.15, 0.2) is 0 Å². The van der Waals surface area contributed by atoms with Crippen molar-refractivity contribution in [3.8, 4) is 0 Å². The van der Waals surface area contributed by atoms with Gasteiger partial charge in [0.25, 0.3) is 0 Å². The second-order valence-corrected chi connectivity index (χ2v) is 4.49. The Hall–Kier alpha value is -0.890. The second kappa shape index (κ2) is 4.31. The minimum absolute atomic E-state index is 0.314. The number of Topliss-reactive ketones (excluding diaryl/α,β-unsaturated/α-hetero) is 1. The first-order valence-corrected chi connectivity index (χ1v) is 5.48. The zero-order chi connectivity index (χ0) is 10.8. The van der Waals surface area contributed by atoms with Gasteiger partial charge in [-0.25, -0.2) is 4.39 Å². The van der Waals surface area contributed by atoms with Crippen molar-refractivity contribution >= 4 is 17.4 Å². The number of carbonyl (C=O) groups excluding carboxylic acids is 1. The minimum atomic E-state index is -0.314. The van der Waals surface area contributed by atoms with Gasteiger partial charge < -0.3 is 0 Å². The number of hydrogen-bond acceptors (Lipinski definition) is 1. The van der Waals surface area contributed by atoms with Crippen LogP contribution in [0.2, 0.25) is 5.02 Å². The van der Waals surface area contributed by atoms with Crippen LogP contribution in [0.3, 0.4) is 0 Å². The number of ketones is 1. The standard InChI is InChI=1S/C12H12ClFO/c13-12-7-10(14)3-2-9(12)5-8-1-4-11(15)6-8/h2-3,7-8H,1,4-6H2. The van der Waals surface area contributed by atoms with Crippen molar-refractivity contribution in [2.24, 2.45) is 5.92 Å². The van der Waals surface area contributed by atoms with E-state index in [2.05, 4.69) is 0 Å². The van der Waals surface area contributed by atoms with Gasteiger partial charge in [0.2, 0.25) is 0 Å². The number of halogens is 2. The van der Waals surface area contributed by atoms with Crippen molar-refractivity contribution in [1.82, 2.24) is 0 Å². The summed E-state index contributed by atoms with van der Waals surface area (Å²) in [5.41, 5.74) is 0.942.